The van der Waals surface area contributed by atoms with E-state index in [2.05, 4.69) is 9.36 Å². The van der Waals surface area contributed by atoms with Crippen molar-refractivity contribution in [2.45, 2.75) is 43.9 Å². The minimum atomic E-state index is -1.04. The Hall–Kier alpha value is -2.09. The lowest BCUT2D eigenvalue weighted by molar-refractivity contribution is -0.158. The molecule has 0 N–H and O–H groups in total. The van der Waals surface area contributed by atoms with Crippen molar-refractivity contribution in [2.75, 3.05) is 6.61 Å². The Morgan fingerprint density at radius 3 is 2.60 bits per heavy atom. The van der Waals surface area contributed by atoms with Crippen LogP contribution in [0, 0.1) is 6.92 Å². The van der Waals surface area contributed by atoms with Crippen molar-refractivity contribution >= 4 is 40.9 Å². The van der Waals surface area contributed by atoms with Gasteiger partial charge in [-0.05, 0) is 75.1 Å². The Morgan fingerprint density at radius 1 is 1.20 bits per heavy atom. The number of halogens is 1. The molecule has 0 radical (unpaired) electrons. The van der Waals surface area contributed by atoms with Crippen molar-refractivity contribution in [1.82, 2.24) is 9.36 Å². The van der Waals surface area contributed by atoms with Crippen molar-refractivity contribution in [3.63, 3.8) is 0 Å². The number of aromatic nitrogens is 2. The summed E-state index contributed by atoms with van der Waals surface area (Å²) < 4.78 is 15.4. The van der Waals surface area contributed by atoms with E-state index in [1.54, 1.807) is 32.5 Å². The number of benzene rings is 2. The zero-order valence-corrected chi connectivity index (χ0v) is 19.7. The van der Waals surface area contributed by atoms with Crippen molar-refractivity contribution in [3.05, 3.63) is 58.9 Å². The monoisotopic (exact) mass is 462 g/mol. The molecule has 0 saturated heterocycles. The van der Waals surface area contributed by atoms with Crippen LogP contribution < -0.4 is 4.74 Å². The van der Waals surface area contributed by atoms with Crippen LogP contribution in [0.4, 0.5) is 0 Å². The fourth-order valence-corrected chi connectivity index (χ4v) is 4.36. The van der Waals surface area contributed by atoms with Gasteiger partial charge in [0.05, 0.1) is 12.4 Å². The van der Waals surface area contributed by atoms with Crippen molar-refractivity contribution in [3.8, 4) is 16.3 Å². The summed E-state index contributed by atoms with van der Waals surface area (Å²) in [6.45, 7) is 7.48. The van der Waals surface area contributed by atoms with E-state index in [9.17, 15) is 4.79 Å². The molecule has 1 heterocycles. The molecule has 1 aromatic heterocycles. The van der Waals surface area contributed by atoms with Crippen LogP contribution in [0.5, 0.6) is 5.75 Å². The summed E-state index contributed by atoms with van der Waals surface area (Å²) in [7, 11) is 0. The quantitative estimate of drug-likeness (QED) is 0.294. The normalized spacial score (nSPS) is 11.4. The summed E-state index contributed by atoms with van der Waals surface area (Å²) in [5.74, 6) is 1.73. The van der Waals surface area contributed by atoms with Gasteiger partial charge in [-0.25, -0.2) is 9.78 Å². The van der Waals surface area contributed by atoms with Crippen LogP contribution in [0.15, 0.2) is 47.4 Å². The number of esters is 1. The van der Waals surface area contributed by atoms with Crippen molar-refractivity contribution in [1.29, 1.82) is 0 Å². The number of hydrogen-bond donors (Lipinski definition) is 0. The van der Waals surface area contributed by atoms with Gasteiger partial charge in [-0.15, -0.1) is 11.8 Å². The summed E-state index contributed by atoms with van der Waals surface area (Å²) in [6, 6.07) is 13.5. The zero-order valence-electron chi connectivity index (χ0n) is 17.3. The average molecular weight is 463 g/mol. The van der Waals surface area contributed by atoms with E-state index < -0.39 is 5.60 Å². The first-order chi connectivity index (χ1) is 14.3. The summed E-state index contributed by atoms with van der Waals surface area (Å²) in [6.07, 6.45) is 0. The number of rotatable bonds is 8. The summed E-state index contributed by atoms with van der Waals surface area (Å²) >= 11 is 8.98. The lowest BCUT2D eigenvalue weighted by Crippen LogP contribution is -2.39. The molecule has 0 aliphatic rings. The third-order valence-corrected chi connectivity index (χ3v) is 6.25. The van der Waals surface area contributed by atoms with Gasteiger partial charge in [0.25, 0.3) is 0 Å². The third kappa shape index (κ3) is 5.74. The lowest BCUT2D eigenvalue weighted by atomic mass is 10.1. The molecule has 0 unspecified atom stereocenters. The molecule has 0 amide bonds. The largest absolute Gasteiger partial charge is 0.476 e. The van der Waals surface area contributed by atoms with Gasteiger partial charge in [-0.1, -0.05) is 23.7 Å². The number of aryl methyl sites for hydroxylation is 1. The third-order valence-electron chi connectivity index (χ3n) is 4.21. The Labute approximate surface area is 190 Å². The van der Waals surface area contributed by atoms with Crippen molar-refractivity contribution < 1.29 is 14.3 Å². The molecule has 5 nitrogen and oxygen atoms in total. The van der Waals surface area contributed by atoms with Gasteiger partial charge in [-0.2, -0.15) is 4.37 Å². The number of carbonyl (C=O) groups is 1. The highest BCUT2D eigenvalue weighted by Crippen LogP contribution is 2.31. The maximum Gasteiger partial charge on any atom is 0.349 e. The maximum absolute atomic E-state index is 12.1. The molecule has 158 valence electrons. The Kier molecular flexibility index (Phi) is 7.39. The smallest absolute Gasteiger partial charge is 0.349 e. The predicted molar refractivity (Wildman–Crippen MR) is 122 cm³/mol. The second kappa shape index (κ2) is 9.81. The highest BCUT2D eigenvalue weighted by Gasteiger charge is 2.32. The van der Waals surface area contributed by atoms with Gasteiger partial charge in [0.2, 0.25) is 0 Å². The number of hydrogen-bond acceptors (Lipinski definition) is 7. The van der Waals surface area contributed by atoms with Crippen LogP contribution in [-0.4, -0.2) is 27.5 Å². The molecule has 2 aromatic carbocycles. The van der Waals surface area contributed by atoms with Gasteiger partial charge in [-0.3, -0.25) is 0 Å². The SMILES string of the molecule is CCOC(=O)C(C)(C)Oc1ccc(SCc2nsc(-c3ccc(Cl)cc3)n2)cc1C. The molecule has 30 heavy (non-hydrogen) atoms. The van der Waals surface area contributed by atoms with Gasteiger partial charge < -0.3 is 9.47 Å². The van der Waals surface area contributed by atoms with E-state index in [1.165, 1.54) is 11.5 Å². The fourth-order valence-electron chi connectivity index (χ4n) is 2.62. The molecule has 0 spiro atoms. The molecular formula is C22H23ClN2O3S2. The molecule has 0 aliphatic carbocycles. The highest BCUT2D eigenvalue weighted by atomic mass is 35.5. The van der Waals surface area contributed by atoms with Crippen LogP contribution in [-0.2, 0) is 15.3 Å². The van der Waals surface area contributed by atoms with E-state index in [0.29, 0.717) is 23.1 Å². The maximum atomic E-state index is 12.1. The molecule has 3 aromatic rings. The molecule has 0 fully saturated rings. The molecular weight excluding hydrogens is 440 g/mol. The summed E-state index contributed by atoms with van der Waals surface area (Å²) in [5.41, 5.74) is 0.915. The van der Waals surface area contributed by atoms with Crippen molar-refractivity contribution in [2.24, 2.45) is 0 Å². The Balaban J connectivity index is 1.62. The van der Waals surface area contributed by atoms with Gasteiger partial charge >= 0.3 is 5.97 Å². The molecule has 0 bridgehead atoms. The fraction of sp³-hybridized carbons (Fsp3) is 0.318. The van der Waals surface area contributed by atoms with E-state index in [4.69, 9.17) is 21.1 Å². The zero-order chi connectivity index (χ0) is 21.7. The van der Waals surface area contributed by atoms with Crippen LogP contribution in [0.3, 0.4) is 0 Å². The van der Waals surface area contributed by atoms with Gasteiger partial charge in [0.15, 0.2) is 11.4 Å². The minimum absolute atomic E-state index is 0.324. The standard InChI is InChI=1S/C22H23ClN2O3S2/c1-5-27-21(26)22(3,4)28-18-11-10-17(12-14(18)2)29-13-19-24-20(30-25-19)15-6-8-16(23)9-7-15/h6-12H,5,13H2,1-4H3. The van der Waals surface area contributed by atoms with Crippen LogP contribution in [0.25, 0.3) is 10.6 Å². The molecule has 0 atom stereocenters. The van der Waals surface area contributed by atoms with Gasteiger partial charge in [0.1, 0.15) is 10.8 Å². The van der Waals surface area contributed by atoms with Crippen LogP contribution in [0.1, 0.15) is 32.2 Å². The topological polar surface area (TPSA) is 61.3 Å². The minimum Gasteiger partial charge on any atom is -0.476 e. The van der Waals surface area contributed by atoms with E-state index in [0.717, 1.165) is 26.9 Å². The predicted octanol–water partition coefficient (Wildman–Crippen LogP) is 6.18. The molecule has 3 rings (SSSR count). The second-order valence-electron chi connectivity index (χ2n) is 7.07. The van der Waals surface area contributed by atoms with E-state index in [-0.39, 0.29) is 5.97 Å². The highest BCUT2D eigenvalue weighted by molar-refractivity contribution is 7.98. The van der Waals surface area contributed by atoms with E-state index >= 15 is 0 Å². The molecule has 0 aliphatic heterocycles. The summed E-state index contributed by atoms with van der Waals surface area (Å²) in [5, 5.41) is 1.58. The number of nitrogens with zero attached hydrogens (tertiary/aromatic N) is 2. The van der Waals surface area contributed by atoms with Crippen LogP contribution in [0.2, 0.25) is 5.02 Å². The van der Waals surface area contributed by atoms with E-state index in [1.807, 2.05) is 49.4 Å². The first-order valence-corrected chi connectivity index (χ1v) is 11.6. The Morgan fingerprint density at radius 2 is 1.93 bits per heavy atom. The number of thioether (sulfide) groups is 1. The first-order valence-electron chi connectivity index (χ1n) is 9.46. The molecule has 8 heteroatoms. The lowest BCUT2D eigenvalue weighted by Gasteiger charge is -2.25. The second-order valence-corrected chi connectivity index (χ2v) is 9.31. The number of ether oxygens (including phenoxy) is 2. The molecule has 0 saturated carbocycles. The average Bonchev–Trinajstić information content (AvgIpc) is 3.18. The number of carbonyl (C=O) groups excluding carboxylic acids is 1. The summed E-state index contributed by atoms with van der Waals surface area (Å²) in [4.78, 5) is 17.8. The Bertz CT molecular complexity index is 1020. The first kappa shape index (κ1) is 22.6. The van der Waals surface area contributed by atoms with Gasteiger partial charge in [0, 0.05) is 15.5 Å². The van der Waals surface area contributed by atoms with Crippen LogP contribution >= 0.6 is 34.9 Å².